The molecule has 1 aromatic rings. The van der Waals surface area contributed by atoms with E-state index in [4.69, 9.17) is 9.47 Å². The molecule has 1 saturated heterocycles. The van der Waals surface area contributed by atoms with E-state index in [1.54, 1.807) is 31.1 Å². The average molecular weight is 363 g/mol. The van der Waals surface area contributed by atoms with Crippen LogP contribution in [0.4, 0.5) is 10.5 Å². The summed E-state index contributed by atoms with van der Waals surface area (Å²) >= 11 is 0. The van der Waals surface area contributed by atoms with Gasteiger partial charge in [-0.1, -0.05) is 26.0 Å². The van der Waals surface area contributed by atoms with Gasteiger partial charge in [-0.3, -0.25) is 4.79 Å². The standard InChI is InChI=1S/C19H29N3O4/c1-14(2)13-21-9-10-22(15(3)18(21)23)19(24)20-16-7-5-6-8-17(16)26-12-11-25-4/h5-8,14-15H,9-13H2,1-4H3,(H,20,24)/t15-/m0/s1. The Hall–Kier alpha value is -2.28. The van der Waals surface area contributed by atoms with Crippen molar-refractivity contribution >= 4 is 17.6 Å². The van der Waals surface area contributed by atoms with Crippen LogP contribution in [-0.4, -0.2) is 67.7 Å². The lowest BCUT2D eigenvalue weighted by Crippen LogP contribution is -2.58. The SMILES string of the molecule is COCCOc1ccccc1NC(=O)N1CCN(CC(C)C)C(=O)[C@@H]1C. The Bertz CT molecular complexity index is 621. The molecule has 0 aliphatic carbocycles. The number of methoxy groups -OCH3 is 1. The normalized spacial score (nSPS) is 17.6. The summed E-state index contributed by atoms with van der Waals surface area (Å²) in [7, 11) is 1.61. The summed E-state index contributed by atoms with van der Waals surface area (Å²) in [6.45, 7) is 8.58. The molecule has 1 N–H and O–H groups in total. The zero-order valence-electron chi connectivity index (χ0n) is 16.0. The van der Waals surface area contributed by atoms with E-state index >= 15 is 0 Å². The van der Waals surface area contributed by atoms with Gasteiger partial charge in [0.15, 0.2) is 0 Å². The number of anilines is 1. The van der Waals surface area contributed by atoms with Crippen molar-refractivity contribution in [3.8, 4) is 5.75 Å². The maximum absolute atomic E-state index is 12.7. The molecule has 2 rings (SSSR count). The summed E-state index contributed by atoms with van der Waals surface area (Å²) in [6, 6.07) is 6.46. The van der Waals surface area contributed by atoms with E-state index in [0.29, 0.717) is 43.7 Å². The van der Waals surface area contributed by atoms with Crippen LogP contribution in [0, 0.1) is 5.92 Å². The molecule has 0 bridgehead atoms. The zero-order chi connectivity index (χ0) is 19.1. The second-order valence-corrected chi connectivity index (χ2v) is 6.82. The number of piperazine rings is 1. The van der Waals surface area contributed by atoms with E-state index in [0.717, 1.165) is 6.54 Å². The highest BCUT2D eigenvalue weighted by molar-refractivity contribution is 5.95. The molecule has 0 aromatic heterocycles. The van der Waals surface area contributed by atoms with Crippen LogP contribution in [0.15, 0.2) is 24.3 Å². The highest BCUT2D eigenvalue weighted by Gasteiger charge is 2.34. The van der Waals surface area contributed by atoms with E-state index in [9.17, 15) is 9.59 Å². The third-order valence-corrected chi connectivity index (χ3v) is 4.27. The number of amides is 3. The van der Waals surface area contributed by atoms with Gasteiger partial charge in [-0.2, -0.15) is 0 Å². The fraction of sp³-hybridized carbons (Fsp3) is 0.579. The number of nitrogens with one attached hydrogen (secondary N) is 1. The van der Waals surface area contributed by atoms with Gasteiger partial charge in [0, 0.05) is 26.7 Å². The van der Waals surface area contributed by atoms with Crippen LogP contribution in [0.3, 0.4) is 0 Å². The van der Waals surface area contributed by atoms with Crippen LogP contribution in [0.2, 0.25) is 0 Å². The Morgan fingerprint density at radius 3 is 2.69 bits per heavy atom. The van der Waals surface area contributed by atoms with Crippen LogP contribution in [0.25, 0.3) is 0 Å². The molecular weight excluding hydrogens is 334 g/mol. The number of rotatable bonds is 7. The Labute approximate surface area is 155 Å². The highest BCUT2D eigenvalue weighted by Crippen LogP contribution is 2.25. The van der Waals surface area contributed by atoms with Gasteiger partial charge in [-0.05, 0) is 25.0 Å². The van der Waals surface area contributed by atoms with Gasteiger partial charge < -0.3 is 24.6 Å². The molecule has 1 aliphatic rings. The molecule has 26 heavy (non-hydrogen) atoms. The summed E-state index contributed by atoms with van der Waals surface area (Å²) in [5, 5.41) is 2.86. The Morgan fingerprint density at radius 1 is 1.27 bits per heavy atom. The van der Waals surface area contributed by atoms with Gasteiger partial charge >= 0.3 is 6.03 Å². The molecular formula is C19H29N3O4. The summed E-state index contributed by atoms with van der Waals surface area (Å²) in [4.78, 5) is 28.6. The largest absolute Gasteiger partial charge is 0.489 e. The van der Waals surface area contributed by atoms with E-state index in [1.807, 2.05) is 17.0 Å². The topological polar surface area (TPSA) is 71.1 Å². The molecule has 1 aromatic carbocycles. The van der Waals surface area contributed by atoms with Crippen LogP contribution in [0.1, 0.15) is 20.8 Å². The van der Waals surface area contributed by atoms with Crippen molar-refractivity contribution < 1.29 is 19.1 Å². The monoisotopic (exact) mass is 363 g/mol. The van der Waals surface area contributed by atoms with Gasteiger partial charge in [-0.25, -0.2) is 4.79 Å². The van der Waals surface area contributed by atoms with Crippen molar-refractivity contribution in [1.29, 1.82) is 0 Å². The quantitative estimate of drug-likeness (QED) is 0.756. The van der Waals surface area contributed by atoms with Crippen LogP contribution in [0.5, 0.6) is 5.75 Å². The number of carbonyl (C=O) groups is 2. The third-order valence-electron chi connectivity index (χ3n) is 4.27. The molecule has 144 valence electrons. The van der Waals surface area contributed by atoms with Gasteiger partial charge in [0.25, 0.3) is 0 Å². The lowest BCUT2D eigenvalue weighted by molar-refractivity contribution is -0.139. The van der Waals surface area contributed by atoms with E-state index in [1.165, 1.54) is 0 Å². The molecule has 7 heteroatoms. The molecule has 3 amide bonds. The highest BCUT2D eigenvalue weighted by atomic mass is 16.5. The minimum Gasteiger partial charge on any atom is -0.489 e. The van der Waals surface area contributed by atoms with Crippen LogP contribution >= 0.6 is 0 Å². The molecule has 1 atom stereocenters. The number of urea groups is 1. The number of hydrogen-bond donors (Lipinski definition) is 1. The molecule has 1 heterocycles. The smallest absolute Gasteiger partial charge is 0.322 e. The van der Waals surface area contributed by atoms with Gasteiger partial charge in [0.1, 0.15) is 18.4 Å². The number of hydrogen-bond acceptors (Lipinski definition) is 4. The minimum atomic E-state index is -0.482. The fourth-order valence-corrected chi connectivity index (χ4v) is 2.95. The number of benzene rings is 1. The van der Waals surface area contributed by atoms with E-state index in [2.05, 4.69) is 19.2 Å². The minimum absolute atomic E-state index is 0.00951. The molecule has 0 unspecified atom stereocenters. The third kappa shape index (κ3) is 5.11. The average Bonchev–Trinajstić information content (AvgIpc) is 2.60. The summed E-state index contributed by atoms with van der Waals surface area (Å²) in [5.74, 6) is 0.975. The number of ether oxygens (including phenoxy) is 2. The van der Waals surface area contributed by atoms with Gasteiger partial charge in [0.05, 0.1) is 12.3 Å². The maximum Gasteiger partial charge on any atom is 0.322 e. The predicted octanol–water partition coefficient (Wildman–Crippen LogP) is 2.43. The number of nitrogens with zero attached hydrogens (tertiary/aromatic N) is 2. The Balaban J connectivity index is 2.01. The number of carbonyl (C=O) groups excluding carboxylic acids is 2. The van der Waals surface area contributed by atoms with E-state index < -0.39 is 6.04 Å². The molecule has 1 fully saturated rings. The summed E-state index contributed by atoms with van der Waals surface area (Å²) in [6.07, 6.45) is 0. The van der Waals surface area contributed by atoms with Crippen molar-refractivity contribution in [1.82, 2.24) is 9.80 Å². The molecule has 0 saturated carbocycles. The zero-order valence-corrected chi connectivity index (χ0v) is 16.0. The Kier molecular flexibility index (Phi) is 7.26. The lowest BCUT2D eigenvalue weighted by Gasteiger charge is -2.39. The van der Waals surface area contributed by atoms with Crippen LogP contribution in [-0.2, 0) is 9.53 Å². The first-order valence-electron chi connectivity index (χ1n) is 9.01. The molecule has 1 aliphatic heterocycles. The molecule has 0 spiro atoms. The van der Waals surface area contributed by atoms with Crippen molar-refractivity contribution in [2.75, 3.05) is 45.3 Å². The summed E-state index contributed by atoms with van der Waals surface area (Å²) in [5.41, 5.74) is 0.581. The van der Waals surface area contributed by atoms with Crippen LogP contribution < -0.4 is 10.1 Å². The Morgan fingerprint density at radius 2 is 2.00 bits per heavy atom. The maximum atomic E-state index is 12.7. The summed E-state index contributed by atoms with van der Waals surface area (Å²) < 4.78 is 10.6. The molecule has 0 radical (unpaired) electrons. The second-order valence-electron chi connectivity index (χ2n) is 6.82. The van der Waals surface area contributed by atoms with Crippen molar-refractivity contribution in [3.63, 3.8) is 0 Å². The lowest BCUT2D eigenvalue weighted by atomic mass is 10.1. The van der Waals surface area contributed by atoms with Gasteiger partial charge in [0.2, 0.25) is 5.91 Å². The molecule has 7 nitrogen and oxygen atoms in total. The first-order valence-corrected chi connectivity index (χ1v) is 9.01. The first kappa shape index (κ1) is 20.0. The second kappa shape index (κ2) is 9.43. The van der Waals surface area contributed by atoms with Crippen molar-refractivity contribution in [3.05, 3.63) is 24.3 Å². The van der Waals surface area contributed by atoms with Gasteiger partial charge in [-0.15, -0.1) is 0 Å². The number of para-hydroxylation sites is 2. The van der Waals surface area contributed by atoms with E-state index in [-0.39, 0.29) is 11.9 Å². The van der Waals surface area contributed by atoms with Crippen molar-refractivity contribution in [2.24, 2.45) is 5.92 Å². The van der Waals surface area contributed by atoms with Crippen molar-refractivity contribution in [2.45, 2.75) is 26.8 Å². The predicted molar refractivity (Wildman–Crippen MR) is 100 cm³/mol. The first-order chi connectivity index (χ1) is 12.4. The fourth-order valence-electron chi connectivity index (χ4n) is 2.95.